The van der Waals surface area contributed by atoms with Gasteiger partial charge in [0, 0.05) is 18.5 Å². The molecule has 0 saturated carbocycles. The number of rotatable bonds is 4. The molecule has 0 aliphatic rings. The number of fused-ring (bicyclic) bond motifs is 1. The van der Waals surface area contributed by atoms with Crippen LogP contribution in [0, 0.1) is 0 Å². The quantitative estimate of drug-likeness (QED) is 0.685. The lowest BCUT2D eigenvalue weighted by atomic mass is 10.3. The molecule has 2 aromatic heterocycles. The van der Waals surface area contributed by atoms with Gasteiger partial charge in [-0.15, -0.1) is 11.6 Å². The summed E-state index contributed by atoms with van der Waals surface area (Å²) in [5.41, 5.74) is 2.52. The molecule has 3 rings (SSSR count). The predicted octanol–water partition coefficient (Wildman–Crippen LogP) is 3.86. The molecule has 0 unspecified atom stereocenters. The standard InChI is InChI=1S/C15H13Cl2N3O/c1-21-13-5-4-10(9-11(13)17)20-14(6-7-16)19-12-3-2-8-18-15(12)20/h2-5,8-9H,6-7H2,1H3. The van der Waals surface area contributed by atoms with Gasteiger partial charge in [-0.05, 0) is 30.3 Å². The molecule has 0 radical (unpaired) electrons. The monoisotopic (exact) mass is 321 g/mol. The molecule has 0 aliphatic heterocycles. The van der Waals surface area contributed by atoms with Gasteiger partial charge in [-0.2, -0.15) is 0 Å². The highest BCUT2D eigenvalue weighted by Gasteiger charge is 2.14. The third-order valence-electron chi connectivity index (χ3n) is 3.20. The number of pyridine rings is 1. The fourth-order valence-electron chi connectivity index (χ4n) is 2.28. The van der Waals surface area contributed by atoms with Crippen LogP contribution in [0.4, 0.5) is 0 Å². The van der Waals surface area contributed by atoms with Gasteiger partial charge in [-0.3, -0.25) is 4.57 Å². The summed E-state index contributed by atoms with van der Waals surface area (Å²) >= 11 is 12.1. The van der Waals surface area contributed by atoms with Crippen molar-refractivity contribution in [2.24, 2.45) is 0 Å². The van der Waals surface area contributed by atoms with E-state index < -0.39 is 0 Å². The zero-order valence-electron chi connectivity index (χ0n) is 11.4. The third kappa shape index (κ3) is 2.57. The molecule has 0 aliphatic carbocycles. The smallest absolute Gasteiger partial charge is 0.164 e. The van der Waals surface area contributed by atoms with Crippen LogP contribution in [0.5, 0.6) is 5.75 Å². The molecule has 0 amide bonds. The van der Waals surface area contributed by atoms with Crippen molar-refractivity contribution in [3.8, 4) is 11.4 Å². The highest BCUT2D eigenvalue weighted by Crippen LogP contribution is 2.29. The molecule has 21 heavy (non-hydrogen) atoms. The number of benzene rings is 1. The molecule has 0 spiro atoms. The van der Waals surface area contributed by atoms with E-state index in [0.717, 1.165) is 22.7 Å². The van der Waals surface area contributed by atoms with Crippen LogP contribution >= 0.6 is 23.2 Å². The van der Waals surface area contributed by atoms with E-state index in [1.54, 1.807) is 13.3 Å². The Morgan fingerprint density at radius 1 is 1.29 bits per heavy atom. The second-order valence-electron chi connectivity index (χ2n) is 4.47. The molecular formula is C15H13Cl2N3O. The van der Waals surface area contributed by atoms with Gasteiger partial charge in [0.15, 0.2) is 5.65 Å². The van der Waals surface area contributed by atoms with Crippen molar-refractivity contribution in [1.82, 2.24) is 14.5 Å². The second-order valence-corrected chi connectivity index (χ2v) is 5.25. The van der Waals surface area contributed by atoms with Crippen LogP contribution in [-0.2, 0) is 6.42 Å². The first kappa shape index (κ1) is 14.2. The maximum atomic E-state index is 6.22. The fourth-order valence-corrected chi connectivity index (χ4v) is 2.70. The summed E-state index contributed by atoms with van der Waals surface area (Å²) in [6.45, 7) is 0. The summed E-state index contributed by atoms with van der Waals surface area (Å²) in [4.78, 5) is 9.01. The average Bonchev–Trinajstić information content (AvgIpc) is 2.85. The zero-order valence-corrected chi connectivity index (χ0v) is 12.9. The van der Waals surface area contributed by atoms with Gasteiger partial charge >= 0.3 is 0 Å². The van der Waals surface area contributed by atoms with E-state index in [-0.39, 0.29) is 0 Å². The highest BCUT2D eigenvalue weighted by atomic mass is 35.5. The number of halogens is 2. The van der Waals surface area contributed by atoms with E-state index in [1.807, 2.05) is 34.9 Å². The van der Waals surface area contributed by atoms with Crippen LogP contribution in [0.2, 0.25) is 5.02 Å². The Morgan fingerprint density at radius 3 is 2.86 bits per heavy atom. The van der Waals surface area contributed by atoms with E-state index in [9.17, 15) is 0 Å². The Hall–Kier alpha value is -1.78. The van der Waals surface area contributed by atoms with Crippen LogP contribution in [-0.4, -0.2) is 27.5 Å². The van der Waals surface area contributed by atoms with Crippen molar-refractivity contribution in [3.63, 3.8) is 0 Å². The number of alkyl halides is 1. The predicted molar refractivity (Wildman–Crippen MR) is 84.9 cm³/mol. The van der Waals surface area contributed by atoms with E-state index in [4.69, 9.17) is 27.9 Å². The Balaban J connectivity index is 2.22. The van der Waals surface area contributed by atoms with Gasteiger partial charge < -0.3 is 4.74 Å². The Labute approximate surface area is 132 Å². The van der Waals surface area contributed by atoms with Crippen molar-refractivity contribution >= 4 is 34.4 Å². The molecular weight excluding hydrogens is 309 g/mol. The molecule has 0 atom stereocenters. The molecule has 6 heteroatoms. The second kappa shape index (κ2) is 5.92. The maximum absolute atomic E-state index is 6.22. The van der Waals surface area contributed by atoms with Crippen LogP contribution in [0.25, 0.3) is 16.9 Å². The minimum Gasteiger partial charge on any atom is -0.495 e. The molecule has 2 heterocycles. The average molecular weight is 322 g/mol. The van der Waals surface area contributed by atoms with E-state index in [0.29, 0.717) is 23.1 Å². The van der Waals surface area contributed by atoms with Gasteiger partial charge in [0.05, 0.1) is 17.8 Å². The van der Waals surface area contributed by atoms with Gasteiger partial charge in [0.2, 0.25) is 0 Å². The number of ether oxygens (including phenoxy) is 1. The first-order valence-corrected chi connectivity index (χ1v) is 7.38. The molecule has 1 aromatic carbocycles. The first-order chi connectivity index (χ1) is 10.2. The maximum Gasteiger partial charge on any atom is 0.164 e. The number of hydrogen-bond acceptors (Lipinski definition) is 3. The topological polar surface area (TPSA) is 39.9 Å². The summed E-state index contributed by atoms with van der Waals surface area (Å²) in [5.74, 6) is 1.99. The summed E-state index contributed by atoms with van der Waals surface area (Å²) in [6.07, 6.45) is 2.40. The Kier molecular flexibility index (Phi) is 3.99. The lowest BCUT2D eigenvalue weighted by molar-refractivity contribution is 0.415. The summed E-state index contributed by atoms with van der Waals surface area (Å²) in [7, 11) is 1.59. The normalized spacial score (nSPS) is 11.0. The van der Waals surface area contributed by atoms with Gasteiger partial charge in [0.25, 0.3) is 0 Å². The largest absolute Gasteiger partial charge is 0.495 e. The summed E-state index contributed by atoms with van der Waals surface area (Å²) < 4.78 is 7.16. The summed E-state index contributed by atoms with van der Waals surface area (Å²) in [5, 5.41) is 0.546. The molecule has 0 bridgehead atoms. The van der Waals surface area contributed by atoms with Crippen molar-refractivity contribution in [2.75, 3.05) is 13.0 Å². The van der Waals surface area contributed by atoms with Gasteiger partial charge in [-0.25, -0.2) is 9.97 Å². The molecule has 0 N–H and O–H groups in total. The first-order valence-electron chi connectivity index (χ1n) is 6.47. The van der Waals surface area contributed by atoms with Crippen LogP contribution in [0.1, 0.15) is 5.82 Å². The molecule has 0 saturated heterocycles. The van der Waals surface area contributed by atoms with E-state index in [1.165, 1.54) is 0 Å². The molecule has 0 fully saturated rings. The van der Waals surface area contributed by atoms with Gasteiger partial charge in [-0.1, -0.05) is 11.6 Å². The lowest BCUT2D eigenvalue weighted by Gasteiger charge is -2.10. The van der Waals surface area contributed by atoms with Crippen molar-refractivity contribution in [1.29, 1.82) is 0 Å². The number of hydrogen-bond donors (Lipinski definition) is 0. The van der Waals surface area contributed by atoms with E-state index >= 15 is 0 Å². The molecule has 3 aromatic rings. The number of aryl methyl sites for hydroxylation is 1. The minimum absolute atomic E-state index is 0.493. The van der Waals surface area contributed by atoms with Crippen molar-refractivity contribution in [2.45, 2.75) is 6.42 Å². The fraction of sp³-hybridized carbons (Fsp3) is 0.200. The number of aromatic nitrogens is 3. The minimum atomic E-state index is 0.493. The van der Waals surface area contributed by atoms with E-state index in [2.05, 4.69) is 9.97 Å². The SMILES string of the molecule is COc1ccc(-n2c(CCCl)nc3cccnc32)cc1Cl. The highest BCUT2D eigenvalue weighted by molar-refractivity contribution is 6.32. The van der Waals surface area contributed by atoms with Crippen LogP contribution in [0.3, 0.4) is 0 Å². The summed E-state index contributed by atoms with van der Waals surface area (Å²) in [6, 6.07) is 9.40. The van der Waals surface area contributed by atoms with Crippen molar-refractivity contribution in [3.05, 3.63) is 47.4 Å². The Bertz CT molecular complexity index is 786. The number of nitrogens with zero attached hydrogens (tertiary/aromatic N) is 3. The lowest BCUT2D eigenvalue weighted by Crippen LogP contribution is -2.03. The number of methoxy groups -OCH3 is 1. The van der Waals surface area contributed by atoms with Crippen LogP contribution in [0.15, 0.2) is 36.5 Å². The van der Waals surface area contributed by atoms with Gasteiger partial charge in [0.1, 0.15) is 17.1 Å². The van der Waals surface area contributed by atoms with Crippen LogP contribution < -0.4 is 4.74 Å². The number of imidazole rings is 1. The zero-order chi connectivity index (χ0) is 14.8. The van der Waals surface area contributed by atoms with Crippen molar-refractivity contribution < 1.29 is 4.74 Å². The molecule has 108 valence electrons. The molecule has 4 nitrogen and oxygen atoms in total. The Morgan fingerprint density at radius 2 is 2.14 bits per heavy atom. The third-order valence-corrected chi connectivity index (χ3v) is 3.68.